The lowest BCUT2D eigenvalue weighted by Crippen LogP contribution is -2.21. The van der Waals surface area contributed by atoms with E-state index < -0.39 is 23.4 Å². The van der Waals surface area contributed by atoms with E-state index in [4.69, 9.17) is 9.84 Å². The molecule has 7 nitrogen and oxygen atoms in total. The summed E-state index contributed by atoms with van der Waals surface area (Å²) in [5.74, 6) is -0.787. The van der Waals surface area contributed by atoms with Crippen molar-refractivity contribution in [2.75, 3.05) is 6.61 Å². The number of non-ortho nitro benzene ring substituents is 1. The monoisotopic (exact) mass is 241 g/mol. The largest absolute Gasteiger partial charge is 0.491 e. The van der Waals surface area contributed by atoms with Crippen molar-refractivity contribution in [3.8, 4) is 5.75 Å². The summed E-state index contributed by atoms with van der Waals surface area (Å²) in [6.07, 6.45) is -1.52. The second-order valence-electron chi connectivity index (χ2n) is 3.31. The van der Waals surface area contributed by atoms with E-state index in [0.29, 0.717) is 5.75 Å². The average Bonchev–Trinajstić information content (AvgIpc) is 2.26. The third-order valence-corrected chi connectivity index (χ3v) is 1.90. The molecule has 17 heavy (non-hydrogen) atoms. The molecule has 1 rings (SSSR count). The summed E-state index contributed by atoms with van der Waals surface area (Å²) in [5.41, 5.74) is -0.0663. The smallest absolute Gasteiger partial charge is 0.306 e. The molecule has 2 N–H and O–H groups in total. The van der Waals surface area contributed by atoms with Crippen LogP contribution in [-0.4, -0.2) is 33.8 Å². The van der Waals surface area contributed by atoms with Gasteiger partial charge in [0, 0.05) is 12.1 Å². The van der Waals surface area contributed by atoms with Crippen LogP contribution in [0, 0.1) is 10.1 Å². The van der Waals surface area contributed by atoms with Gasteiger partial charge in [-0.1, -0.05) is 0 Å². The van der Waals surface area contributed by atoms with Crippen molar-refractivity contribution in [2.24, 2.45) is 0 Å². The number of nitrogens with zero attached hydrogens (tertiary/aromatic N) is 1. The van der Waals surface area contributed by atoms with Gasteiger partial charge in [-0.2, -0.15) is 0 Å². The topological polar surface area (TPSA) is 110 Å². The second-order valence-corrected chi connectivity index (χ2v) is 3.31. The van der Waals surface area contributed by atoms with Crippen molar-refractivity contribution in [1.82, 2.24) is 0 Å². The molecular formula is C10H11NO6. The second kappa shape index (κ2) is 5.80. The van der Waals surface area contributed by atoms with Crippen LogP contribution >= 0.6 is 0 Å². The minimum absolute atomic E-state index is 0.0663. The summed E-state index contributed by atoms with van der Waals surface area (Å²) in [6, 6.07) is 5.29. The number of benzene rings is 1. The Morgan fingerprint density at radius 1 is 1.41 bits per heavy atom. The van der Waals surface area contributed by atoms with Crippen LogP contribution in [0.2, 0.25) is 0 Å². The normalized spacial score (nSPS) is 11.8. The van der Waals surface area contributed by atoms with Gasteiger partial charge in [0.1, 0.15) is 12.4 Å². The van der Waals surface area contributed by atoms with Gasteiger partial charge in [-0.25, -0.2) is 0 Å². The maximum Gasteiger partial charge on any atom is 0.306 e. The molecule has 0 aliphatic heterocycles. The molecule has 0 heterocycles. The number of carboxylic acid groups (broad SMARTS) is 1. The first-order valence-electron chi connectivity index (χ1n) is 4.76. The van der Waals surface area contributed by atoms with Crippen molar-refractivity contribution >= 4 is 11.7 Å². The highest BCUT2D eigenvalue weighted by molar-refractivity contribution is 5.67. The van der Waals surface area contributed by atoms with Crippen LogP contribution in [0.1, 0.15) is 6.42 Å². The molecule has 0 saturated carbocycles. The third kappa shape index (κ3) is 4.47. The standard InChI is InChI=1S/C10H11NO6/c12-8(5-10(13)14)6-17-9-3-1-7(2-4-9)11(15)16/h1-4,8,12H,5-6H2,(H,13,14). The van der Waals surface area contributed by atoms with E-state index in [1.807, 2.05) is 0 Å². The van der Waals surface area contributed by atoms with Gasteiger partial charge in [0.15, 0.2) is 0 Å². The van der Waals surface area contributed by atoms with Gasteiger partial charge in [-0.3, -0.25) is 14.9 Å². The van der Waals surface area contributed by atoms with Crippen LogP contribution in [0.4, 0.5) is 5.69 Å². The first-order valence-corrected chi connectivity index (χ1v) is 4.76. The predicted molar refractivity (Wildman–Crippen MR) is 56.9 cm³/mol. The van der Waals surface area contributed by atoms with Gasteiger partial charge in [0.05, 0.1) is 17.4 Å². The van der Waals surface area contributed by atoms with Crippen LogP contribution in [0.15, 0.2) is 24.3 Å². The Labute approximate surface area is 96.4 Å². The lowest BCUT2D eigenvalue weighted by Gasteiger charge is -2.09. The minimum Gasteiger partial charge on any atom is -0.491 e. The Kier molecular flexibility index (Phi) is 4.41. The molecule has 0 fully saturated rings. The number of aliphatic carboxylic acids is 1. The lowest BCUT2D eigenvalue weighted by molar-refractivity contribution is -0.384. The van der Waals surface area contributed by atoms with Crippen molar-refractivity contribution in [1.29, 1.82) is 0 Å². The molecule has 0 aromatic heterocycles. The van der Waals surface area contributed by atoms with E-state index in [1.54, 1.807) is 0 Å². The fourth-order valence-electron chi connectivity index (χ4n) is 1.12. The molecular weight excluding hydrogens is 230 g/mol. The zero-order valence-electron chi connectivity index (χ0n) is 8.78. The third-order valence-electron chi connectivity index (χ3n) is 1.90. The summed E-state index contributed by atoms with van der Waals surface area (Å²) >= 11 is 0. The van der Waals surface area contributed by atoms with Crippen molar-refractivity contribution in [3.05, 3.63) is 34.4 Å². The van der Waals surface area contributed by atoms with Crippen LogP contribution in [0.25, 0.3) is 0 Å². The highest BCUT2D eigenvalue weighted by atomic mass is 16.6. The summed E-state index contributed by atoms with van der Waals surface area (Å²) in [4.78, 5) is 20.1. The molecule has 0 aliphatic carbocycles. The van der Waals surface area contributed by atoms with Gasteiger partial charge in [-0.15, -0.1) is 0 Å². The van der Waals surface area contributed by atoms with Crippen LogP contribution in [-0.2, 0) is 4.79 Å². The summed E-state index contributed by atoms with van der Waals surface area (Å²) in [5, 5.41) is 28.0. The zero-order valence-corrected chi connectivity index (χ0v) is 8.78. The molecule has 92 valence electrons. The molecule has 0 radical (unpaired) electrons. The molecule has 0 saturated heterocycles. The van der Waals surface area contributed by atoms with E-state index in [1.165, 1.54) is 24.3 Å². The Balaban J connectivity index is 2.47. The molecule has 1 aromatic rings. The minimum atomic E-state index is -1.12. The number of carbonyl (C=O) groups is 1. The Bertz CT molecular complexity index is 402. The summed E-state index contributed by atoms with van der Waals surface area (Å²) in [7, 11) is 0. The van der Waals surface area contributed by atoms with Crippen LogP contribution in [0.3, 0.4) is 0 Å². The fourth-order valence-corrected chi connectivity index (χ4v) is 1.12. The van der Waals surface area contributed by atoms with Gasteiger partial charge < -0.3 is 14.9 Å². The molecule has 1 aromatic carbocycles. The number of rotatable bonds is 6. The molecule has 7 heteroatoms. The first kappa shape index (κ1) is 12.9. The maximum absolute atomic E-state index is 10.4. The van der Waals surface area contributed by atoms with Crippen LogP contribution in [0.5, 0.6) is 5.75 Å². The van der Waals surface area contributed by atoms with Gasteiger partial charge in [0.2, 0.25) is 0 Å². The number of aliphatic hydroxyl groups excluding tert-OH is 1. The summed E-state index contributed by atoms with van der Waals surface area (Å²) < 4.78 is 5.07. The van der Waals surface area contributed by atoms with E-state index in [0.717, 1.165) is 0 Å². The zero-order chi connectivity index (χ0) is 12.8. The maximum atomic E-state index is 10.4. The average molecular weight is 241 g/mol. The van der Waals surface area contributed by atoms with E-state index in [-0.39, 0.29) is 12.3 Å². The molecule has 0 spiro atoms. The number of aliphatic hydroxyl groups is 1. The van der Waals surface area contributed by atoms with Crippen molar-refractivity contribution < 1.29 is 24.7 Å². The Hall–Kier alpha value is -2.15. The molecule has 1 unspecified atom stereocenters. The van der Waals surface area contributed by atoms with Gasteiger partial charge in [-0.05, 0) is 12.1 Å². The van der Waals surface area contributed by atoms with Crippen LogP contribution < -0.4 is 4.74 Å². The quantitative estimate of drug-likeness (QED) is 0.563. The number of hydrogen-bond donors (Lipinski definition) is 2. The van der Waals surface area contributed by atoms with E-state index in [2.05, 4.69) is 0 Å². The number of ether oxygens (including phenoxy) is 1. The highest BCUT2D eigenvalue weighted by Gasteiger charge is 2.10. The fraction of sp³-hybridized carbons (Fsp3) is 0.300. The molecule has 0 aliphatic rings. The Morgan fingerprint density at radius 2 is 2.00 bits per heavy atom. The number of nitro groups is 1. The SMILES string of the molecule is O=C(O)CC(O)COc1ccc([N+](=O)[O-])cc1. The number of carboxylic acids is 1. The van der Waals surface area contributed by atoms with Crippen molar-refractivity contribution in [3.63, 3.8) is 0 Å². The lowest BCUT2D eigenvalue weighted by atomic mass is 10.2. The number of nitro benzene ring substituents is 1. The molecule has 0 amide bonds. The first-order chi connectivity index (χ1) is 7.99. The molecule has 1 atom stereocenters. The highest BCUT2D eigenvalue weighted by Crippen LogP contribution is 2.17. The Morgan fingerprint density at radius 3 is 2.47 bits per heavy atom. The van der Waals surface area contributed by atoms with E-state index in [9.17, 15) is 20.0 Å². The summed E-state index contributed by atoms with van der Waals surface area (Å²) in [6.45, 7) is -0.176. The van der Waals surface area contributed by atoms with Crippen molar-refractivity contribution in [2.45, 2.75) is 12.5 Å². The van der Waals surface area contributed by atoms with E-state index >= 15 is 0 Å². The van der Waals surface area contributed by atoms with Gasteiger partial charge >= 0.3 is 5.97 Å². The number of hydrogen-bond acceptors (Lipinski definition) is 5. The predicted octanol–water partition coefficient (Wildman–Crippen LogP) is 0.809. The van der Waals surface area contributed by atoms with Gasteiger partial charge in [0.25, 0.3) is 5.69 Å². The molecule has 0 bridgehead atoms.